The molecular weight excluding hydrogens is 251 g/mol. The fraction of sp³-hybridized carbons (Fsp3) is 0.0667. The lowest BCUT2D eigenvalue weighted by atomic mass is 10.0. The Labute approximate surface area is 109 Å². The maximum Gasteiger partial charge on any atom is 0.131 e. The number of hydrogen-bond donors (Lipinski definition) is 0. The summed E-state index contributed by atoms with van der Waals surface area (Å²) in [4.78, 5) is 0. The molecule has 3 aromatic rings. The zero-order valence-corrected chi connectivity index (χ0v) is 10.2. The van der Waals surface area contributed by atoms with Gasteiger partial charge in [0.05, 0.1) is 6.26 Å². The molecule has 3 heteroatoms. The molecule has 0 aliphatic heterocycles. The van der Waals surface area contributed by atoms with E-state index >= 15 is 0 Å². The molecule has 2 aromatic carbocycles. The second-order valence-electron chi connectivity index (χ2n) is 4.06. The van der Waals surface area contributed by atoms with Crippen LogP contribution in [0.5, 0.6) is 0 Å². The Morgan fingerprint density at radius 2 is 1.72 bits per heavy atom. The summed E-state index contributed by atoms with van der Waals surface area (Å²) in [7, 11) is 0. The third kappa shape index (κ3) is 1.79. The van der Waals surface area contributed by atoms with Crippen molar-refractivity contribution in [3.63, 3.8) is 0 Å². The van der Waals surface area contributed by atoms with Gasteiger partial charge in [0.2, 0.25) is 0 Å². The topological polar surface area (TPSA) is 13.1 Å². The van der Waals surface area contributed by atoms with Gasteiger partial charge in [-0.1, -0.05) is 30.3 Å². The second-order valence-corrected chi connectivity index (χ2v) is 4.50. The summed E-state index contributed by atoms with van der Waals surface area (Å²) in [6.07, 6.45) is 1.58. The van der Waals surface area contributed by atoms with Crippen molar-refractivity contribution in [1.82, 2.24) is 0 Å². The Hall–Kier alpha value is -1.80. The van der Waals surface area contributed by atoms with Crippen LogP contribution in [0.15, 0.2) is 59.2 Å². The number of rotatable bonds is 2. The van der Waals surface area contributed by atoms with E-state index in [1.165, 1.54) is 6.07 Å². The Morgan fingerprint density at radius 1 is 0.944 bits per heavy atom. The SMILES string of the molecule is Fc1ccc(C(Cl)c2ccco2)c2ccccc12. The van der Waals surface area contributed by atoms with E-state index in [0.29, 0.717) is 11.1 Å². The van der Waals surface area contributed by atoms with Crippen molar-refractivity contribution in [2.24, 2.45) is 0 Å². The van der Waals surface area contributed by atoms with E-state index in [9.17, 15) is 4.39 Å². The summed E-state index contributed by atoms with van der Waals surface area (Å²) in [6, 6.07) is 14.0. The van der Waals surface area contributed by atoms with E-state index in [-0.39, 0.29) is 5.82 Å². The van der Waals surface area contributed by atoms with Crippen molar-refractivity contribution in [3.8, 4) is 0 Å². The zero-order chi connectivity index (χ0) is 12.5. The zero-order valence-electron chi connectivity index (χ0n) is 9.44. The second kappa shape index (κ2) is 4.46. The molecule has 1 unspecified atom stereocenters. The van der Waals surface area contributed by atoms with Crippen LogP contribution in [-0.4, -0.2) is 0 Å². The minimum atomic E-state index is -0.412. The van der Waals surface area contributed by atoms with Crippen LogP contribution in [-0.2, 0) is 0 Å². The molecule has 1 heterocycles. The maximum absolute atomic E-state index is 13.7. The molecule has 0 radical (unpaired) electrons. The van der Waals surface area contributed by atoms with Crippen molar-refractivity contribution >= 4 is 22.4 Å². The van der Waals surface area contributed by atoms with Crippen LogP contribution in [0, 0.1) is 5.82 Å². The molecule has 0 spiro atoms. The van der Waals surface area contributed by atoms with Gasteiger partial charge in [0.25, 0.3) is 0 Å². The minimum Gasteiger partial charge on any atom is -0.467 e. The molecule has 1 nitrogen and oxygen atoms in total. The summed E-state index contributed by atoms with van der Waals surface area (Å²) in [6.45, 7) is 0. The van der Waals surface area contributed by atoms with E-state index in [0.717, 1.165) is 10.9 Å². The molecule has 0 saturated heterocycles. The van der Waals surface area contributed by atoms with Gasteiger partial charge < -0.3 is 4.42 Å². The lowest BCUT2D eigenvalue weighted by Gasteiger charge is -2.11. The van der Waals surface area contributed by atoms with E-state index in [4.69, 9.17) is 16.0 Å². The van der Waals surface area contributed by atoms with Crippen molar-refractivity contribution < 1.29 is 8.81 Å². The highest BCUT2D eigenvalue weighted by Crippen LogP contribution is 2.34. The molecule has 1 aromatic heterocycles. The summed E-state index contributed by atoms with van der Waals surface area (Å²) in [5.74, 6) is 0.422. The van der Waals surface area contributed by atoms with Crippen LogP contribution >= 0.6 is 11.6 Å². The summed E-state index contributed by atoms with van der Waals surface area (Å²) < 4.78 is 19.0. The molecule has 0 saturated carbocycles. The average Bonchev–Trinajstić information content (AvgIpc) is 2.93. The fourth-order valence-corrected chi connectivity index (χ4v) is 2.41. The Kier molecular flexibility index (Phi) is 2.80. The van der Waals surface area contributed by atoms with Crippen LogP contribution < -0.4 is 0 Å². The van der Waals surface area contributed by atoms with E-state index in [2.05, 4.69) is 0 Å². The van der Waals surface area contributed by atoms with Gasteiger partial charge in [0.15, 0.2) is 0 Å². The Balaban J connectivity index is 2.21. The number of fused-ring (bicyclic) bond motifs is 1. The van der Waals surface area contributed by atoms with Crippen LogP contribution in [0.3, 0.4) is 0 Å². The van der Waals surface area contributed by atoms with Gasteiger partial charge in [-0.15, -0.1) is 11.6 Å². The van der Waals surface area contributed by atoms with E-state index in [1.807, 2.05) is 24.3 Å². The molecule has 0 amide bonds. The number of halogens is 2. The third-order valence-corrected chi connectivity index (χ3v) is 3.42. The standard InChI is InChI=1S/C15H10ClFO/c16-15(14-6-3-9-18-14)12-7-8-13(17)11-5-2-1-4-10(11)12/h1-9,15H. The quantitative estimate of drug-likeness (QED) is 0.597. The lowest BCUT2D eigenvalue weighted by Crippen LogP contribution is -1.94. The van der Waals surface area contributed by atoms with Crippen LogP contribution in [0.1, 0.15) is 16.7 Å². The normalized spacial score (nSPS) is 12.8. The van der Waals surface area contributed by atoms with Crippen molar-refractivity contribution in [3.05, 3.63) is 71.9 Å². The molecule has 0 aliphatic carbocycles. The van der Waals surface area contributed by atoms with Gasteiger partial charge in [0, 0.05) is 5.39 Å². The average molecular weight is 261 g/mol. The number of furan rings is 1. The predicted molar refractivity (Wildman–Crippen MR) is 70.3 cm³/mol. The van der Waals surface area contributed by atoms with Gasteiger partial charge in [0.1, 0.15) is 17.0 Å². The van der Waals surface area contributed by atoms with Crippen molar-refractivity contribution in [1.29, 1.82) is 0 Å². The van der Waals surface area contributed by atoms with Crippen molar-refractivity contribution in [2.75, 3.05) is 0 Å². The molecular formula is C15H10ClFO. The molecule has 0 bridgehead atoms. The third-order valence-electron chi connectivity index (χ3n) is 2.97. The van der Waals surface area contributed by atoms with Crippen molar-refractivity contribution in [2.45, 2.75) is 5.38 Å². The first-order valence-corrected chi connectivity index (χ1v) is 6.05. The summed E-state index contributed by atoms with van der Waals surface area (Å²) in [5.41, 5.74) is 0.851. The molecule has 0 N–H and O–H groups in total. The van der Waals surface area contributed by atoms with Gasteiger partial charge in [-0.3, -0.25) is 0 Å². The molecule has 0 fully saturated rings. The largest absolute Gasteiger partial charge is 0.467 e. The van der Waals surface area contributed by atoms with Crippen LogP contribution in [0.2, 0.25) is 0 Å². The Bertz CT molecular complexity index is 676. The highest BCUT2D eigenvalue weighted by Gasteiger charge is 2.17. The fourth-order valence-electron chi connectivity index (χ4n) is 2.10. The summed E-state index contributed by atoms with van der Waals surface area (Å²) >= 11 is 6.39. The molecule has 0 aliphatic rings. The van der Waals surface area contributed by atoms with Gasteiger partial charge in [-0.2, -0.15) is 0 Å². The lowest BCUT2D eigenvalue weighted by molar-refractivity contribution is 0.517. The van der Waals surface area contributed by atoms with E-state index in [1.54, 1.807) is 24.5 Å². The smallest absolute Gasteiger partial charge is 0.131 e. The molecule has 1 atom stereocenters. The summed E-state index contributed by atoms with van der Waals surface area (Å²) in [5, 5.41) is 0.978. The number of benzene rings is 2. The first-order valence-electron chi connectivity index (χ1n) is 5.62. The number of alkyl halides is 1. The highest BCUT2D eigenvalue weighted by molar-refractivity contribution is 6.23. The highest BCUT2D eigenvalue weighted by atomic mass is 35.5. The van der Waals surface area contributed by atoms with Gasteiger partial charge >= 0.3 is 0 Å². The maximum atomic E-state index is 13.7. The van der Waals surface area contributed by atoms with Gasteiger partial charge in [-0.25, -0.2) is 4.39 Å². The monoisotopic (exact) mass is 260 g/mol. The number of hydrogen-bond acceptors (Lipinski definition) is 1. The molecule has 90 valence electrons. The molecule has 3 rings (SSSR count). The Morgan fingerprint density at radius 3 is 2.44 bits per heavy atom. The predicted octanol–water partition coefficient (Wildman–Crippen LogP) is 4.90. The van der Waals surface area contributed by atoms with E-state index < -0.39 is 5.38 Å². The first kappa shape index (κ1) is 11.3. The van der Waals surface area contributed by atoms with Crippen LogP contribution in [0.25, 0.3) is 10.8 Å². The first-order chi connectivity index (χ1) is 8.77. The van der Waals surface area contributed by atoms with Gasteiger partial charge in [-0.05, 0) is 29.1 Å². The van der Waals surface area contributed by atoms with Crippen LogP contribution in [0.4, 0.5) is 4.39 Å². The molecule has 18 heavy (non-hydrogen) atoms. The minimum absolute atomic E-state index is 0.238.